The summed E-state index contributed by atoms with van der Waals surface area (Å²) in [6.07, 6.45) is 0. The van der Waals surface area contributed by atoms with E-state index in [0.29, 0.717) is 0 Å². The molecule has 4 nitrogen and oxygen atoms in total. The smallest absolute Gasteiger partial charge is 0.160 e. The van der Waals surface area contributed by atoms with Crippen molar-refractivity contribution in [1.29, 1.82) is 0 Å². The fraction of sp³-hybridized carbons (Fsp3) is 0.118. The summed E-state index contributed by atoms with van der Waals surface area (Å²) in [4.78, 5) is 4.97. The Bertz CT molecular complexity index is 4100. The highest BCUT2D eigenvalue weighted by atomic mass is 16.3. The molecule has 0 N–H and O–H groups in total. The first kappa shape index (κ1) is 43.4. The molecule has 72 heavy (non-hydrogen) atoms. The third-order valence-electron chi connectivity index (χ3n) is 15.6. The fourth-order valence-electron chi connectivity index (χ4n) is 12.1. The van der Waals surface area contributed by atoms with E-state index in [9.17, 15) is 0 Å². The van der Waals surface area contributed by atoms with Gasteiger partial charge in [-0.15, -0.1) is 0 Å². The van der Waals surface area contributed by atoms with E-state index in [1.807, 2.05) is 0 Å². The number of hydrogen-bond acceptors (Lipinski definition) is 4. The largest absolute Gasteiger partial charge is 0.455 e. The van der Waals surface area contributed by atoms with Crippen molar-refractivity contribution in [2.24, 2.45) is 0 Å². The van der Waals surface area contributed by atoms with E-state index in [1.165, 1.54) is 33.4 Å². The second-order valence-corrected chi connectivity index (χ2v) is 20.0. The van der Waals surface area contributed by atoms with Crippen molar-refractivity contribution < 1.29 is 8.83 Å². The number of fused-ring (bicyclic) bond motifs is 11. The highest BCUT2D eigenvalue weighted by molar-refractivity contribution is 6.26. The van der Waals surface area contributed by atoms with Crippen molar-refractivity contribution in [3.05, 3.63) is 261 Å². The van der Waals surface area contributed by atoms with Gasteiger partial charge in [-0.25, -0.2) is 0 Å². The third-order valence-corrected chi connectivity index (χ3v) is 15.6. The highest BCUT2D eigenvalue weighted by Crippen LogP contribution is 2.64. The number of furan rings is 2. The van der Waals surface area contributed by atoms with Crippen LogP contribution in [0, 0.1) is 48.5 Å². The zero-order valence-electron chi connectivity index (χ0n) is 41.8. The lowest BCUT2D eigenvalue weighted by atomic mass is 9.67. The number of anilines is 6. The zero-order valence-corrected chi connectivity index (χ0v) is 41.8. The van der Waals surface area contributed by atoms with Gasteiger partial charge in [-0.05, 0) is 158 Å². The third kappa shape index (κ3) is 6.31. The van der Waals surface area contributed by atoms with Gasteiger partial charge in [0.2, 0.25) is 0 Å². The van der Waals surface area contributed by atoms with Crippen LogP contribution in [-0.2, 0) is 5.41 Å². The molecule has 0 spiro atoms. The molecular weight excluding hydrogens is 877 g/mol. The Morgan fingerprint density at radius 3 is 1.42 bits per heavy atom. The molecule has 2 aromatic heterocycles. The van der Waals surface area contributed by atoms with Crippen molar-refractivity contribution in [3.63, 3.8) is 0 Å². The first-order chi connectivity index (χ1) is 35.1. The lowest BCUT2D eigenvalue weighted by Gasteiger charge is -2.36. The van der Waals surface area contributed by atoms with Crippen molar-refractivity contribution >= 4 is 78.0 Å². The number of para-hydroxylation sites is 4. The van der Waals surface area contributed by atoms with Crippen LogP contribution in [0.5, 0.6) is 0 Å². The van der Waals surface area contributed by atoms with Crippen LogP contribution in [0.3, 0.4) is 0 Å². The Morgan fingerprint density at radius 1 is 0.319 bits per heavy atom. The molecule has 2 heterocycles. The van der Waals surface area contributed by atoms with Crippen molar-refractivity contribution in [3.8, 4) is 11.1 Å². The summed E-state index contributed by atoms with van der Waals surface area (Å²) in [5, 5.41) is 4.25. The standard InChI is InChI=1S/C68H54N2O2/c1-41-34-35-44(4)56(36-41)70(55-31-19-15-23-43(55)3)59-40-52-64(63-51-29-17-21-33-61(51)71-66(59)63)65-53(68(52,48-24-10-8-11-25-48)49-26-12-9-13-27-49)39-58(62-50-28-16-20-32-60(50)72-67(62)65)69(54-30-18-14-22-42(54)2)57-38-46(6)45(5)37-47(57)7/h8-40H,1-7H3. The van der Waals surface area contributed by atoms with Gasteiger partial charge >= 0.3 is 0 Å². The van der Waals surface area contributed by atoms with Gasteiger partial charge in [0.1, 0.15) is 16.7 Å². The summed E-state index contributed by atoms with van der Waals surface area (Å²) in [6, 6.07) is 73.5. The Hall–Kier alpha value is -8.60. The molecule has 348 valence electrons. The van der Waals surface area contributed by atoms with Gasteiger partial charge in [0.15, 0.2) is 5.58 Å². The number of nitrogens with zero attached hydrogens (tertiary/aromatic N) is 2. The van der Waals surface area contributed by atoms with Crippen molar-refractivity contribution in [1.82, 2.24) is 0 Å². The maximum Gasteiger partial charge on any atom is 0.160 e. The van der Waals surface area contributed by atoms with Crippen LogP contribution in [0.25, 0.3) is 55.0 Å². The van der Waals surface area contributed by atoms with E-state index in [2.05, 4.69) is 258 Å². The minimum Gasteiger partial charge on any atom is -0.455 e. The fourth-order valence-corrected chi connectivity index (χ4v) is 12.1. The predicted octanol–water partition coefficient (Wildman–Crippen LogP) is 18.9. The Kier molecular flexibility index (Phi) is 9.95. The van der Waals surface area contributed by atoms with Crippen LogP contribution in [0.1, 0.15) is 61.2 Å². The molecule has 4 heteroatoms. The summed E-state index contributed by atoms with van der Waals surface area (Å²) in [6.45, 7) is 15.5. The van der Waals surface area contributed by atoms with Gasteiger partial charge in [-0.3, -0.25) is 0 Å². The van der Waals surface area contributed by atoms with E-state index in [1.54, 1.807) is 0 Å². The van der Waals surface area contributed by atoms with Gasteiger partial charge in [0.05, 0.1) is 22.2 Å². The molecular formula is C68H54N2O2. The van der Waals surface area contributed by atoms with Crippen LogP contribution in [-0.4, -0.2) is 0 Å². The Labute approximate surface area is 421 Å². The maximum absolute atomic E-state index is 7.51. The normalized spacial score (nSPS) is 12.8. The molecule has 1 aliphatic rings. The van der Waals surface area contributed by atoms with Gasteiger partial charge < -0.3 is 18.6 Å². The quantitative estimate of drug-likeness (QED) is 0.152. The molecule has 10 aromatic carbocycles. The number of benzene rings is 10. The summed E-state index contributed by atoms with van der Waals surface area (Å²) in [5.41, 5.74) is 24.2. The SMILES string of the molecule is Cc1ccc(C)c(N(c2ccccc2C)c2cc3c(c4c2oc2ccccc24)-c2c(cc(N(c4ccccc4C)c4cc(C)c(C)cc4C)c4c2oc2ccccc24)C3(c2ccccc2)c2ccccc2)c1. The van der Waals surface area contributed by atoms with E-state index in [4.69, 9.17) is 8.83 Å². The van der Waals surface area contributed by atoms with E-state index in [-0.39, 0.29) is 0 Å². The summed E-state index contributed by atoms with van der Waals surface area (Å²) >= 11 is 0. The van der Waals surface area contributed by atoms with E-state index < -0.39 is 5.41 Å². The Morgan fingerprint density at radius 2 is 0.792 bits per heavy atom. The van der Waals surface area contributed by atoms with E-state index >= 15 is 0 Å². The number of rotatable bonds is 8. The molecule has 13 rings (SSSR count). The van der Waals surface area contributed by atoms with Crippen LogP contribution >= 0.6 is 0 Å². The molecule has 0 fully saturated rings. The van der Waals surface area contributed by atoms with Gasteiger partial charge in [0, 0.05) is 50.0 Å². The predicted molar refractivity (Wildman–Crippen MR) is 301 cm³/mol. The molecule has 0 bridgehead atoms. The molecule has 0 saturated carbocycles. The monoisotopic (exact) mass is 930 g/mol. The molecule has 1 aliphatic carbocycles. The van der Waals surface area contributed by atoms with Gasteiger partial charge in [0.25, 0.3) is 0 Å². The van der Waals surface area contributed by atoms with Crippen LogP contribution in [0.4, 0.5) is 34.1 Å². The van der Waals surface area contributed by atoms with Gasteiger partial charge in [-0.2, -0.15) is 0 Å². The van der Waals surface area contributed by atoms with Crippen LogP contribution in [0.15, 0.2) is 209 Å². The summed E-state index contributed by atoms with van der Waals surface area (Å²) in [7, 11) is 0. The number of aryl methyl sites for hydroxylation is 7. The highest BCUT2D eigenvalue weighted by Gasteiger charge is 2.50. The summed E-state index contributed by atoms with van der Waals surface area (Å²) < 4.78 is 14.9. The van der Waals surface area contributed by atoms with Crippen LogP contribution in [0.2, 0.25) is 0 Å². The molecule has 0 unspecified atom stereocenters. The molecule has 0 atom stereocenters. The average Bonchev–Trinajstić information content (AvgIpc) is 4.07. The summed E-state index contributed by atoms with van der Waals surface area (Å²) in [5.74, 6) is 0. The second kappa shape index (κ2) is 16.5. The van der Waals surface area contributed by atoms with Gasteiger partial charge in [-0.1, -0.05) is 152 Å². The first-order valence-electron chi connectivity index (χ1n) is 25.1. The Balaban J connectivity index is 1.29. The molecule has 0 radical (unpaired) electrons. The van der Waals surface area contributed by atoms with Crippen LogP contribution < -0.4 is 9.80 Å². The van der Waals surface area contributed by atoms with E-state index in [0.717, 1.165) is 117 Å². The molecule has 0 aliphatic heterocycles. The first-order valence-corrected chi connectivity index (χ1v) is 25.1. The number of hydrogen-bond donors (Lipinski definition) is 0. The van der Waals surface area contributed by atoms with Crippen molar-refractivity contribution in [2.45, 2.75) is 53.9 Å². The lowest BCUT2D eigenvalue weighted by Crippen LogP contribution is -2.29. The molecule has 0 amide bonds. The molecule has 12 aromatic rings. The lowest BCUT2D eigenvalue weighted by molar-refractivity contribution is 0.668. The molecule has 0 saturated heterocycles. The van der Waals surface area contributed by atoms with Crippen molar-refractivity contribution in [2.75, 3.05) is 9.80 Å². The minimum atomic E-state index is -0.856. The second-order valence-electron chi connectivity index (χ2n) is 20.0. The maximum atomic E-state index is 7.51. The zero-order chi connectivity index (χ0) is 49.0. The topological polar surface area (TPSA) is 32.8 Å². The minimum absolute atomic E-state index is 0.822. The average molecular weight is 931 g/mol.